The maximum absolute atomic E-state index is 12.6. The molecule has 1 atom stereocenters. The second-order valence-corrected chi connectivity index (χ2v) is 9.43. The molecule has 31 heavy (non-hydrogen) atoms. The van der Waals surface area contributed by atoms with E-state index in [9.17, 15) is 18.0 Å². The summed E-state index contributed by atoms with van der Waals surface area (Å²) in [7, 11) is -3.43. The van der Waals surface area contributed by atoms with Crippen LogP contribution in [-0.4, -0.2) is 38.3 Å². The van der Waals surface area contributed by atoms with E-state index in [1.165, 1.54) is 0 Å². The van der Waals surface area contributed by atoms with Crippen LogP contribution in [-0.2, 0) is 19.6 Å². The van der Waals surface area contributed by atoms with Gasteiger partial charge in [0.15, 0.2) is 5.13 Å². The van der Waals surface area contributed by atoms with Crippen molar-refractivity contribution in [1.29, 1.82) is 0 Å². The summed E-state index contributed by atoms with van der Waals surface area (Å²) < 4.78 is 30.8. The van der Waals surface area contributed by atoms with Gasteiger partial charge in [-0.1, -0.05) is 41.7 Å². The first-order chi connectivity index (χ1) is 14.7. The van der Waals surface area contributed by atoms with Gasteiger partial charge < -0.3 is 15.4 Å². The van der Waals surface area contributed by atoms with Crippen LogP contribution >= 0.6 is 11.3 Å². The zero-order valence-corrected chi connectivity index (χ0v) is 18.5. The minimum atomic E-state index is -3.43. The maximum Gasteiger partial charge on any atom is 0.319 e. The third kappa shape index (κ3) is 6.66. The number of benzene rings is 2. The van der Waals surface area contributed by atoms with Gasteiger partial charge in [-0.25, -0.2) is 18.2 Å². The molecule has 0 bridgehead atoms. The molecule has 0 fully saturated rings. The van der Waals surface area contributed by atoms with Crippen molar-refractivity contribution in [2.45, 2.75) is 19.4 Å². The summed E-state index contributed by atoms with van der Waals surface area (Å²) in [6, 6.07) is 13.1. The minimum Gasteiger partial charge on any atom is -0.466 e. The first kappa shape index (κ1) is 22.5. The summed E-state index contributed by atoms with van der Waals surface area (Å²) in [5, 5.41) is 5.78. The highest BCUT2D eigenvalue weighted by Crippen LogP contribution is 2.29. The summed E-state index contributed by atoms with van der Waals surface area (Å²) >= 11 is 1.16. The predicted octanol–water partition coefficient (Wildman–Crippen LogP) is 3.48. The standard InChI is InChI=1S/C20H22N4O5S2/c1-3-29-18(25)12-16(13-7-5-4-6-8-13)22-19(26)21-14-9-10-15-17(11-14)30-20(23-15)24-31(2,27)28/h4-11,16H,3,12H2,1-2H3,(H,23,24)(H2,21,22,26)/t16-/m1/s1. The molecule has 3 aromatic rings. The van der Waals surface area contributed by atoms with Crippen LogP contribution in [0.25, 0.3) is 10.2 Å². The van der Waals surface area contributed by atoms with Gasteiger partial charge in [-0.2, -0.15) is 0 Å². The molecular weight excluding hydrogens is 440 g/mol. The van der Waals surface area contributed by atoms with E-state index in [-0.39, 0.29) is 18.2 Å². The molecule has 164 valence electrons. The average molecular weight is 463 g/mol. The summed E-state index contributed by atoms with van der Waals surface area (Å²) in [5.74, 6) is -0.409. The lowest BCUT2D eigenvalue weighted by Gasteiger charge is -2.19. The number of hydrogen-bond donors (Lipinski definition) is 3. The molecule has 0 aliphatic carbocycles. The smallest absolute Gasteiger partial charge is 0.319 e. The topological polar surface area (TPSA) is 126 Å². The number of fused-ring (bicyclic) bond motifs is 1. The van der Waals surface area contributed by atoms with Crippen molar-refractivity contribution in [3.8, 4) is 0 Å². The Kier molecular flexibility index (Phi) is 7.08. The lowest BCUT2D eigenvalue weighted by atomic mass is 10.0. The highest BCUT2D eigenvalue weighted by atomic mass is 32.2. The number of thiazole rings is 1. The van der Waals surface area contributed by atoms with Crippen molar-refractivity contribution in [3.63, 3.8) is 0 Å². The molecule has 3 N–H and O–H groups in total. The molecule has 1 heterocycles. The Morgan fingerprint density at radius 1 is 1.16 bits per heavy atom. The van der Waals surface area contributed by atoms with Crippen LogP contribution in [0.15, 0.2) is 48.5 Å². The van der Waals surface area contributed by atoms with E-state index < -0.39 is 28.1 Å². The Bertz CT molecular complexity index is 1180. The van der Waals surface area contributed by atoms with Crippen LogP contribution in [0.4, 0.5) is 15.6 Å². The third-order valence-corrected chi connectivity index (χ3v) is 5.73. The van der Waals surface area contributed by atoms with Crippen LogP contribution in [0, 0.1) is 0 Å². The Morgan fingerprint density at radius 2 is 1.90 bits per heavy atom. The van der Waals surface area contributed by atoms with Gasteiger partial charge in [-0.3, -0.25) is 9.52 Å². The largest absolute Gasteiger partial charge is 0.466 e. The van der Waals surface area contributed by atoms with Crippen LogP contribution in [0.1, 0.15) is 24.9 Å². The maximum atomic E-state index is 12.6. The summed E-state index contributed by atoms with van der Waals surface area (Å²) in [4.78, 5) is 28.8. The second kappa shape index (κ2) is 9.75. The van der Waals surface area contributed by atoms with Crippen LogP contribution in [0.5, 0.6) is 0 Å². The van der Waals surface area contributed by atoms with Gasteiger partial charge in [-0.05, 0) is 30.7 Å². The van der Waals surface area contributed by atoms with Crippen molar-refractivity contribution in [2.24, 2.45) is 0 Å². The SMILES string of the molecule is CCOC(=O)C[C@@H](NC(=O)Nc1ccc2nc(NS(C)(=O)=O)sc2c1)c1ccccc1. The number of amides is 2. The number of ether oxygens (including phenoxy) is 1. The highest BCUT2D eigenvalue weighted by molar-refractivity contribution is 7.92. The predicted molar refractivity (Wildman–Crippen MR) is 121 cm³/mol. The molecule has 0 saturated heterocycles. The monoisotopic (exact) mass is 462 g/mol. The molecule has 0 radical (unpaired) electrons. The number of urea groups is 1. The molecule has 11 heteroatoms. The molecule has 0 spiro atoms. The van der Waals surface area contributed by atoms with Gasteiger partial charge in [-0.15, -0.1) is 0 Å². The minimum absolute atomic E-state index is 0.000323. The van der Waals surface area contributed by atoms with E-state index in [1.807, 2.05) is 30.3 Å². The molecule has 2 amide bonds. The van der Waals surface area contributed by atoms with E-state index in [2.05, 4.69) is 20.3 Å². The summed E-state index contributed by atoms with van der Waals surface area (Å²) in [6.07, 6.45) is 1.05. The Labute approximate surface area is 183 Å². The quantitative estimate of drug-likeness (QED) is 0.440. The average Bonchev–Trinajstić information content (AvgIpc) is 3.08. The zero-order chi connectivity index (χ0) is 22.4. The Hall–Kier alpha value is -3.18. The third-order valence-electron chi connectivity index (χ3n) is 4.10. The molecule has 1 aromatic heterocycles. The van der Waals surface area contributed by atoms with Gasteiger partial charge in [0, 0.05) is 5.69 Å². The first-order valence-electron chi connectivity index (χ1n) is 9.40. The van der Waals surface area contributed by atoms with Crippen LogP contribution < -0.4 is 15.4 Å². The molecule has 0 saturated carbocycles. The van der Waals surface area contributed by atoms with E-state index in [0.717, 1.165) is 23.2 Å². The fourth-order valence-electron chi connectivity index (χ4n) is 2.85. The van der Waals surface area contributed by atoms with Crippen LogP contribution in [0.3, 0.4) is 0 Å². The van der Waals surface area contributed by atoms with E-state index in [4.69, 9.17) is 4.74 Å². The number of esters is 1. The fourth-order valence-corrected chi connectivity index (χ4v) is 4.59. The Balaban J connectivity index is 1.72. The summed E-state index contributed by atoms with van der Waals surface area (Å²) in [5.41, 5.74) is 1.88. The van der Waals surface area contributed by atoms with Crippen molar-refractivity contribution in [1.82, 2.24) is 10.3 Å². The number of hydrogen-bond acceptors (Lipinski definition) is 7. The van der Waals surface area contributed by atoms with Gasteiger partial charge in [0.05, 0.1) is 35.5 Å². The number of anilines is 2. The van der Waals surface area contributed by atoms with Gasteiger partial charge >= 0.3 is 12.0 Å². The lowest BCUT2D eigenvalue weighted by molar-refractivity contribution is -0.143. The lowest BCUT2D eigenvalue weighted by Crippen LogP contribution is -2.34. The number of carbonyl (C=O) groups excluding carboxylic acids is 2. The van der Waals surface area contributed by atoms with Gasteiger partial charge in [0.25, 0.3) is 0 Å². The van der Waals surface area contributed by atoms with E-state index in [0.29, 0.717) is 15.9 Å². The zero-order valence-electron chi connectivity index (χ0n) is 16.9. The highest BCUT2D eigenvalue weighted by Gasteiger charge is 2.19. The number of aromatic nitrogens is 1. The molecule has 3 rings (SSSR count). The number of rotatable bonds is 8. The second-order valence-electron chi connectivity index (χ2n) is 6.65. The molecule has 0 aliphatic rings. The van der Waals surface area contributed by atoms with Crippen molar-refractivity contribution in [2.75, 3.05) is 22.9 Å². The molecular formula is C20H22N4O5S2. The van der Waals surface area contributed by atoms with E-state index >= 15 is 0 Å². The van der Waals surface area contributed by atoms with Gasteiger partial charge in [0.1, 0.15) is 0 Å². The Morgan fingerprint density at radius 3 is 2.58 bits per heavy atom. The van der Waals surface area contributed by atoms with Crippen molar-refractivity contribution >= 4 is 54.4 Å². The first-order valence-corrected chi connectivity index (χ1v) is 12.1. The number of sulfonamides is 1. The van der Waals surface area contributed by atoms with E-state index in [1.54, 1.807) is 25.1 Å². The number of nitrogens with zero attached hydrogens (tertiary/aromatic N) is 1. The molecule has 2 aromatic carbocycles. The van der Waals surface area contributed by atoms with Gasteiger partial charge in [0.2, 0.25) is 10.0 Å². The number of carbonyl (C=O) groups is 2. The normalized spacial score (nSPS) is 12.2. The number of nitrogens with one attached hydrogen (secondary N) is 3. The van der Waals surface area contributed by atoms with Crippen molar-refractivity contribution in [3.05, 3.63) is 54.1 Å². The fraction of sp³-hybridized carbons (Fsp3) is 0.250. The molecule has 0 aliphatic heterocycles. The molecule has 0 unspecified atom stereocenters. The molecule has 9 nitrogen and oxygen atoms in total. The van der Waals surface area contributed by atoms with Crippen LogP contribution in [0.2, 0.25) is 0 Å². The van der Waals surface area contributed by atoms with Crippen molar-refractivity contribution < 1.29 is 22.7 Å². The summed E-state index contributed by atoms with van der Waals surface area (Å²) in [6.45, 7) is 1.99.